The van der Waals surface area contributed by atoms with Gasteiger partial charge in [-0.2, -0.15) is 4.98 Å². The smallest absolute Gasteiger partial charge is 0.224 e. The second-order valence-corrected chi connectivity index (χ2v) is 4.22. The van der Waals surface area contributed by atoms with E-state index in [0.717, 1.165) is 0 Å². The molecule has 0 fully saturated rings. The van der Waals surface area contributed by atoms with Crippen molar-refractivity contribution in [1.29, 1.82) is 0 Å². The zero-order valence-corrected chi connectivity index (χ0v) is 9.80. The number of nitrogens with two attached hydrogens (primary N) is 1. The first kappa shape index (κ1) is 12.0. The molecule has 6 heteroatoms. The Morgan fingerprint density at radius 3 is 2.87 bits per heavy atom. The first-order valence-corrected chi connectivity index (χ1v) is 4.87. The largest absolute Gasteiger partial charge is 0.394 e. The Morgan fingerprint density at radius 1 is 1.60 bits per heavy atom. The van der Waals surface area contributed by atoms with E-state index in [1.807, 2.05) is 13.8 Å². The van der Waals surface area contributed by atoms with Gasteiger partial charge in [0.1, 0.15) is 0 Å². The van der Waals surface area contributed by atoms with E-state index in [4.69, 9.17) is 22.1 Å². The average Bonchev–Trinajstić information content (AvgIpc) is 2.10. The molecule has 3 N–H and O–H groups in total. The fraction of sp³-hybridized carbons (Fsp3) is 0.556. The Labute approximate surface area is 94.0 Å². The van der Waals surface area contributed by atoms with E-state index in [0.29, 0.717) is 18.1 Å². The molecule has 1 rings (SSSR count). The fourth-order valence-corrected chi connectivity index (χ4v) is 1.32. The van der Waals surface area contributed by atoms with Crippen LogP contribution in [0.3, 0.4) is 0 Å². The molecule has 1 heterocycles. The van der Waals surface area contributed by atoms with Crippen LogP contribution in [0.5, 0.6) is 0 Å². The maximum atomic E-state index is 5.71. The van der Waals surface area contributed by atoms with Crippen molar-refractivity contribution < 1.29 is 4.74 Å². The monoisotopic (exact) mass is 230 g/mol. The van der Waals surface area contributed by atoms with Crippen molar-refractivity contribution in [1.82, 2.24) is 9.97 Å². The van der Waals surface area contributed by atoms with E-state index >= 15 is 0 Å². The van der Waals surface area contributed by atoms with Crippen molar-refractivity contribution in [2.45, 2.75) is 19.4 Å². The Balaban J connectivity index is 2.83. The molecule has 0 aliphatic rings. The maximum Gasteiger partial charge on any atom is 0.224 e. The summed E-state index contributed by atoms with van der Waals surface area (Å²) >= 11 is 5.67. The number of nitrogens with zero attached hydrogens (tertiary/aromatic N) is 2. The zero-order valence-electron chi connectivity index (χ0n) is 9.04. The van der Waals surface area contributed by atoms with Crippen molar-refractivity contribution in [2.24, 2.45) is 0 Å². The Hall–Kier alpha value is -1.07. The summed E-state index contributed by atoms with van der Waals surface area (Å²) in [6.45, 7) is 4.49. The van der Waals surface area contributed by atoms with E-state index in [-0.39, 0.29) is 10.8 Å². The lowest BCUT2D eigenvalue weighted by molar-refractivity contribution is 0.158. The van der Waals surface area contributed by atoms with Gasteiger partial charge in [0.25, 0.3) is 0 Å². The summed E-state index contributed by atoms with van der Waals surface area (Å²) in [5.41, 5.74) is 5.90. The van der Waals surface area contributed by atoms with Crippen LogP contribution in [0.4, 0.5) is 11.5 Å². The molecule has 0 aromatic carbocycles. The summed E-state index contributed by atoms with van der Waals surface area (Å²) in [6, 6.07) is 0. The molecule has 5 nitrogen and oxygen atoms in total. The van der Waals surface area contributed by atoms with Gasteiger partial charge in [0, 0.05) is 7.11 Å². The molecule has 0 amide bonds. The topological polar surface area (TPSA) is 73.1 Å². The van der Waals surface area contributed by atoms with E-state index in [2.05, 4.69) is 15.3 Å². The van der Waals surface area contributed by atoms with Crippen molar-refractivity contribution in [2.75, 3.05) is 24.8 Å². The van der Waals surface area contributed by atoms with Crippen molar-refractivity contribution in [3.63, 3.8) is 0 Å². The minimum absolute atomic E-state index is 0.167. The highest BCUT2D eigenvalue weighted by Crippen LogP contribution is 2.20. The normalized spacial score (nSPS) is 11.5. The molecule has 15 heavy (non-hydrogen) atoms. The van der Waals surface area contributed by atoms with Gasteiger partial charge in [-0.1, -0.05) is 0 Å². The van der Waals surface area contributed by atoms with Gasteiger partial charge in [0.05, 0.1) is 24.0 Å². The molecule has 0 unspecified atom stereocenters. The van der Waals surface area contributed by atoms with Crippen LogP contribution in [0.2, 0.25) is 5.28 Å². The van der Waals surface area contributed by atoms with E-state index in [1.54, 1.807) is 7.11 Å². The summed E-state index contributed by atoms with van der Waals surface area (Å²) in [5, 5.41) is 3.31. The number of hydrogen-bond donors (Lipinski definition) is 2. The van der Waals surface area contributed by atoms with Crippen LogP contribution in [-0.2, 0) is 4.74 Å². The van der Waals surface area contributed by atoms with Crippen LogP contribution in [0, 0.1) is 0 Å². The Morgan fingerprint density at radius 2 is 2.27 bits per heavy atom. The lowest BCUT2D eigenvalue weighted by Gasteiger charge is -2.26. The number of methoxy groups -OCH3 is 1. The second kappa shape index (κ2) is 4.63. The third-order valence-corrected chi connectivity index (χ3v) is 1.93. The first-order chi connectivity index (χ1) is 6.94. The van der Waals surface area contributed by atoms with Crippen LogP contribution in [-0.4, -0.2) is 29.2 Å². The molecule has 84 valence electrons. The Kier molecular flexibility index (Phi) is 3.71. The third kappa shape index (κ3) is 3.53. The van der Waals surface area contributed by atoms with Gasteiger partial charge < -0.3 is 15.8 Å². The number of hydrogen-bond acceptors (Lipinski definition) is 5. The van der Waals surface area contributed by atoms with Crippen LogP contribution in [0.15, 0.2) is 6.20 Å². The van der Waals surface area contributed by atoms with Crippen molar-refractivity contribution >= 4 is 23.1 Å². The van der Waals surface area contributed by atoms with Gasteiger partial charge >= 0.3 is 0 Å². The van der Waals surface area contributed by atoms with E-state index in [1.165, 1.54) is 6.20 Å². The number of rotatable bonds is 4. The van der Waals surface area contributed by atoms with Gasteiger partial charge in [0.15, 0.2) is 5.82 Å². The first-order valence-electron chi connectivity index (χ1n) is 4.50. The average molecular weight is 231 g/mol. The second-order valence-electron chi connectivity index (χ2n) is 3.88. The lowest BCUT2D eigenvalue weighted by atomic mass is 10.1. The summed E-state index contributed by atoms with van der Waals surface area (Å²) < 4.78 is 5.07. The van der Waals surface area contributed by atoms with Gasteiger partial charge in [-0.25, -0.2) is 4.98 Å². The SMILES string of the molecule is COCC(C)(C)Nc1nc(Cl)ncc1N. The fourth-order valence-electron chi connectivity index (χ4n) is 1.19. The number of aromatic nitrogens is 2. The standard InChI is InChI=1S/C9H15ClN4O/c1-9(2,5-15-3)14-7-6(11)4-12-8(10)13-7/h4H,5,11H2,1-3H3,(H,12,13,14). The molecule has 0 atom stereocenters. The molecule has 0 saturated carbocycles. The van der Waals surface area contributed by atoms with Gasteiger partial charge in [-0.15, -0.1) is 0 Å². The number of anilines is 2. The minimum Gasteiger partial charge on any atom is -0.394 e. The molecule has 1 aromatic heterocycles. The van der Waals surface area contributed by atoms with Crippen LogP contribution >= 0.6 is 11.6 Å². The predicted octanol–water partition coefficient (Wildman–Crippen LogP) is 1.55. The molecule has 0 radical (unpaired) electrons. The van der Waals surface area contributed by atoms with Crippen molar-refractivity contribution in [3.8, 4) is 0 Å². The summed E-state index contributed by atoms with van der Waals surface area (Å²) in [6.07, 6.45) is 1.47. The molecule has 0 spiro atoms. The quantitative estimate of drug-likeness (QED) is 0.768. The van der Waals surface area contributed by atoms with Gasteiger partial charge in [-0.05, 0) is 25.4 Å². The highest BCUT2D eigenvalue weighted by molar-refractivity contribution is 6.28. The number of halogens is 1. The summed E-state index contributed by atoms with van der Waals surface area (Å²) in [7, 11) is 1.64. The summed E-state index contributed by atoms with van der Waals surface area (Å²) in [5.74, 6) is 0.525. The van der Waals surface area contributed by atoms with Crippen LogP contribution in [0.1, 0.15) is 13.8 Å². The van der Waals surface area contributed by atoms with E-state index < -0.39 is 0 Å². The number of nitrogen functional groups attached to an aromatic ring is 1. The predicted molar refractivity (Wildman–Crippen MR) is 61.0 cm³/mol. The van der Waals surface area contributed by atoms with Gasteiger partial charge in [0.2, 0.25) is 5.28 Å². The maximum absolute atomic E-state index is 5.71. The van der Waals surface area contributed by atoms with Crippen LogP contribution < -0.4 is 11.1 Å². The molecule has 1 aromatic rings. The molecular formula is C9H15ClN4O. The van der Waals surface area contributed by atoms with Crippen molar-refractivity contribution in [3.05, 3.63) is 11.5 Å². The summed E-state index contributed by atoms with van der Waals surface area (Å²) in [4.78, 5) is 7.78. The van der Waals surface area contributed by atoms with E-state index in [9.17, 15) is 0 Å². The van der Waals surface area contributed by atoms with Crippen LogP contribution in [0.25, 0.3) is 0 Å². The highest BCUT2D eigenvalue weighted by Gasteiger charge is 2.19. The highest BCUT2D eigenvalue weighted by atomic mass is 35.5. The molecular weight excluding hydrogens is 216 g/mol. The number of ether oxygens (including phenoxy) is 1. The Bertz CT molecular complexity index is 343. The molecule has 0 saturated heterocycles. The minimum atomic E-state index is -0.263. The third-order valence-electron chi connectivity index (χ3n) is 1.75. The molecule has 0 bridgehead atoms. The molecule has 0 aliphatic heterocycles. The van der Waals surface area contributed by atoms with Gasteiger partial charge in [-0.3, -0.25) is 0 Å². The molecule has 0 aliphatic carbocycles. The lowest BCUT2D eigenvalue weighted by Crippen LogP contribution is -2.36. The zero-order chi connectivity index (χ0) is 11.5. The number of nitrogens with one attached hydrogen (secondary N) is 1.